The highest BCUT2D eigenvalue weighted by molar-refractivity contribution is 8.22. The minimum atomic E-state index is 0.650. The van der Waals surface area contributed by atoms with Gasteiger partial charge in [-0.15, -0.1) is 0 Å². The summed E-state index contributed by atoms with van der Waals surface area (Å²) >= 11 is 6.78. The first-order valence-electron chi connectivity index (χ1n) is 4.30. The summed E-state index contributed by atoms with van der Waals surface area (Å²) in [7, 11) is 0. The molecule has 0 spiro atoms. The molecule has 13 heavy (non-hydrogen) atoms. The molecular formula is C9H11NOS2. The lowest BCUT2D eigenvalue weighted by molar-refractivity contribution is 0.530. The summed E-state index contributed by atoms with van der Waals surface area (Å²) in [6.07, 6.45) is 4.22. The van der Waals surface area contributed by atoms with Crippen molar-refractivity contribution in [1.29, 1.82) is 0 Å². The predicted octanol–water partition coefficient (Wildman–Crippen LogP) is 2.55. The molecule has 1 aliphatic rings. The van der Waals surface area contributed by atoms with Gasteiger partial charge in [0.25, 0.3) is 0 Å². The van der Waals surface area contributed by atoms with Crippen molar-refractivity contribution < 1.29 is 4.42 Å². The van der Waals surface area contributed by atoms with Gasteiger partial charge in [-0.25, -0.2) is 0 Å². The van der Waals surface area contributed by atoms with Crippen LogP contribution in [0.3, 0.4) is 0 Å². The second-order valence-electron chi connectivity index (χ2n) is 3.07. The second kappa shape index (κ2) is 4.15. The Balaban J connectivity index is 1.69. The van der Waals surface area contributed by atoms with Gasteiger partial charge in [-0.3, -0.25) is 0 Å². The largest absolute Gasteiger partial charge is 0.468 e. The molecule has 70 valence electrons. The molecule has 0 amide bonds. The summed E-state index contributed by atoms with van der Waals surface area (Å²) in [5.41, 5.74) is 0. The highest BCUT2D eigenvalue weighted by atomic mass is 32.2. The Labute approximate surface area is 87.1 Å². The first-order chi connectivity index (χ1) is 6.34. The van der Waals surface area contributed by atoms with Crippen LogP contribution in [0.25, 0.3) is 0 Å². The Morgan fingerprint density at radius 3 is 3.15 bits per heavy atom. The molecule has 1 saturated carbocycles. The van der Waals surface area contributed by atoms with E-state index in [-0.39, 0.29) is 0 Å². The number of furan rings is 1. The summed E-state index contributed by atoms with van der Waals surface area (Å²) in [6.45, 7) is 0. The first kappa shape index (κ1) is 9.09. The fourth-order valence-electron chi connectivity index (χ4n) is 0.967. The summed E-state index contributed by atoms with van der Waals surface area (Å²) in [4.78, 5) is 0. The lowest BCUT2D eigenvalue weighted by atomic mass is 10.5. The molecule has 0 radical (unpaired) electrons. The predicted molar refractivity (Wildman–Crippen MR) is 58.8 cm³/mol. The Morgan fingerprint density at radius 1 is 1.69 bits per heavy atom. The molecular weight excluding hydrogens is 202 g/mol. The van der Waals surface area contributed by atoms with Crippen molar-refractivity contribution in [2.24, 2.45) is 0 Å². The van der Waals surface area contributed by atoms with Crippen LogP contribution >= 0.6 is 24.0 Å². The summed E-state index contributed by atoms with van der Waals surface area (Å²) in [5.74, 6) is 1.80. The summed E-state index contributed by atoms with van der Waals surface area (Å²) in [5, 5.41) is 3.27. The van der Waals surface area contributed by atoms with Gasteiger partial charge in [0.05, 0.1) is 12.0 Å². The van der Waals surface area contributed by atoms with Gasteiger partial charge in [-0.1, -0.05) is 24.0 Å². The van der Waals surface area contributed by atoms with Crippen LogP contribution in [-0.4, -0.2) is 10.4 Å². The number of thioether (sulfide) groups is 1. The third-order valence-electron chi connectivity index (χ3n) is 1.82. The first-order valence-corrected chi connectivity index (χ1v) is 5.69. The maximum atomic E-state index is 5.20. The van der Waals surface area contributed by atoms with Crippen LogP contribution in [0.5, 0.6) is 0 Å². The van der Waals surface area contributed by atoms with E-state index in [0.717, 1.165) is 15.8 Å². The number of hydrogen-bond acceptors (Lipinski definition) is 3. The van der Waals surface area contributed by atoms with Crippen LogP contribution in [0, 0.1) is 0 Å². The zero-order valence-corrected chi connectivity index (χ0v) is 8.79. The van der Waals surface area contributed by atoms with E-state index >= 15 is 0 Å². The van der Waals surface area contributed by atoms with Crippen LogP contribution in [-0.2, 0) is 5.75 Å². The van der Waals surface area contributed by atoms with Crippen LogP contribution < -0.4 is 5.32 Å². The van der Waals surface area contributed by atoms with Crippen molar-refractivity contribution in [3.63, 3.8) is 0 Å². The Bertz CT molecular complexity index is 280. The fraction of sp³-hybridized carbons (Fsp3) is 0.444. The molecule has 1 fully saturated rings. The van der Waals surface area contributed by atoms with E-state index in [0.29, 0.717) is 6.04 Å². The van der Waals surface area contributed by atoms with Crippen molar-refractivity contribution in [3.05, 3.63) is 24.2 Å². The third-order valence-corrected chi connectivity index (χ3v) is 3.11. The average molecular weight is 213 g/mol. The van der Waals surface area contributed by atoms with Gasteiger partial charge in [0, 0.05) is 6.04 Å². The van der Waals surface area contributed by atoms with Gasteiger partial charge in [-0.05, 0) is 25.0 Å². The summed E-state index contributed by atoms with van der Waals surface area (Å²) in [6, 6.07) is 4.51. The lowest BCUT2D eigenvalue weighted by Gasteiger charge is -2.03. The molecule has 2 nitrogen and oxygen atoms in total. The number of nitrogens with one attached hydrogen (secondary N) is 1. The number of thiocarbonyl (C=S) groups is 1. The topological polar surface area (TPSA) is 25.2 Å². The van der Waals surface area contributed by atoms with Gasteiger partial charge in [0.15, 0.2) is 0 Å². The van der Waals surface area contributed by atoms with Crippen LogP contribution in [0.2, 0.25) is 0 Å². The van der Waals surface area contributed by atoms with Gasteiger partial charge < -0.3 is 9.73 Å². The van der Waals surface area contributed by atoms with Crippen molar-refractivity contribution in [2.45, 2.75) is 24.6 Å². The standard InChI is InChI=1S/C9H11NOS2/c12-9(10-7-3-4-7)13-6-8-2-1-5-11-8/h1-2,5,7H,3-4,6H2,(H,10,12). The Kier molecular flexibility index (Phi) is 2.90. The van der Waals surface area contributed by atoms with Crippen LogP contribution in [0.1, 0.15) is 18.6 Å². The van der Waals surface area contributed by atoms with E-state index < -0.39 is 0 Å². The quantitative estimate of drug-likeness (QED) is 0.780. The van der Waals surface area contributed by atoms with E-state index in [9.17, 15) is 0 Å². The molecule has 0 atom stereocenters. The molecule has 0 aliphatic heterocycles. The van der Waals surface area contributed by atoms with Crippen molar-refractivity contribution in [1.82, 2.24) is 5.32 Å². The molecule has 2 rings (SSSR count). The molecule has 1 aromatic heterocycles. The third kappa shape index (κ3) is 3.04. The molecule has 0 bridgehead atoms. The highest BCUT2D eigenvalue weighted by Gasteiger charge is 2.21. The Morgan fingerprint density at radius 2 is 2.54 bits per heavy atom. The van der Waals surface area contributed by atoms with Gasteiger partial charge in [0.2, 0.25) is 0 Å². The SMILES string of the molecule is S=C(NC1CC1)SCc1ccco1. The fourth-order valence-corrected chi connectivity index (χ4v) is 2.00. The van der Waals surface area contributed by atoms with E-state index in [2.05, 4.69) is 5.32 Å². The minimum absolute atomic E-state index is 0.650. The van der Waals surface area contributed by atoms with Gasteiger partial charge in [0.1, 0.15) is 10.1 Å². The molecule has 0 unspecified atom stereocenters. The molecule has 4 heteroatoms. The van der Waals surface area contributed by atoms with E-state index in [1.54, 1.807) is 18.0 Å². The monoisotopic (exact) mass is 213 g/mol. The van der Waals surface area contributed by atoms with E-state index in [4.69, 9.17) is 16.6 Å². The normalized spacial score (nSPS) is 15.7. The second-order valence-corrected chi connectivity index (χ2v) is 4.73. The van der Waals surface area contributed by atoms with E-state index in [1.165, 1.54) is 12.8 Å². The molecule has 0 saturated heterocycles. The minimum Gasteiger partial charge on any atom is -0.468 e. The highest BCUT2D eigenvalue weighted by Crippen LogP contribution is 2.21. The van der Waals surface area contributed by atoms with Crippen LogP contribution in [0.15, 0.2) is 22.8 Å². The Hall–Kier alpha value is -0.480. The molecule has 0 aromatic carbocycles. The number of hydrogen-bond donors (Lipinski definition) is 1. The maximum Gasteiger partial charge on any atom is 0.134 e. The van der Waals surface area contributed by atoms with Crippen molar-refractivity contribution >= 4 is 28.3 Å². The van der Waals surface area contributed by atoms with E-state index in [1.807, 2.05) is 12.1 Å². The van der Waals surface area contributed by atoms with Crippen molar-refractivity contribution in [3.8, 4) is 0 Å². The molecule has 1 N–H and O–H groups in total. The maximum absolute atomic E-state index is 5.20. The van der Waals surface area contributed by atoms with Crippen molar-refractivity contribution in [2.75, 3.05) is 0 Å². The van der Waals surface area contributed by atoms with Crippen LogP contribution in [0.4, 0.5) is 0 Å². The van der Waals surface area contributed by atoms with Gasteiger partial charge in [-0.2, -0.15) is 0 Å². The lowest BCUT2D eigenvalue weighted by Crippen LogP contribution is -2.20. The molecule has 1 aliphatic carbocycles. The molecule has 1 aromatic rings. The summed E-state index contributed by atoms with van der Waals surface area (Å²) < 4.78 is 6.08. The average Bonchev–Trinajstić information content (AvgIpc) is 2.78. The van der Waals surface area contributed by atoms with Gasteiger partial charge >= 0.3 is 0 Å². The number of rotatable bonds is 3. The zero-order chi connectivity index (χ0) is 9.10. The molecule has 1 heterocycles. The zero-order valence-electron chi connectivity index (χ0n) is 7.16. The smallest absolute Gasteiger partial charge is 0.134 e.